The van der Waals surface area contributed by atoms with Crippen LogP contribution in [0, 0.1) is 0 Å². The van der Waals surface area contributed by atoms with Gasteiger partial charge in [0, 0.05) is 41.1 Å². The van der Waals surface area contributed by atoms with E-state index in [-0.39, 0.29) is 24.9 Å². The van der Waals surface area contributed by atoms with E-state index in [4.69, 9.17) is 30.5 Å². The van der Waals surface area contributed by atoms with E-state index in [9.17, 15) is 9.59 Å². The summed E-state index contributed by atoms with van der Waals surface area (Å²) in [6.45, 7) is 2.20. The van der Waals surface area contributed by atoms with E-state index in [1.54, 1.807) is 27.4 Å². The van der Waals surface area contributed by atoms with Crippen molar-refractivity contribution in [2.24, 2.45) is 0 Å². The van der Waals surface area contributed by atoms with Crippen molar-refractivity contribution in [3.8, 4) is 11.5 Å². The molecule has 0 bridgehead atoms. The zero-order valence-corrected chi connectivity index (χ0v) is 21.6. The molecule has 1 N–H and O–H groups in total. The Morgan fingerprint density at radius 1 is 1.03 bits per heavy atom. The summed E-state index contributed by atoms with van der Waals surface area (Å²) in [6, 6.07) is 13.1. The standard InChI is InChI=1S/C28H30ClNO6/c1-16-24(28(32)36-13-12-33-2)25(20-6-5-7-23(34-3)27(20)35-4)26-21(30-16)14-18(15-22(26)31)17-8-10-19(29)11-9-17/h5-11,18,25,30H,12-15H2,1-4H3/t18-,25-/m1/s1. The number of halogens is 1. The van der Waals surface area contributed by atoms with Crippen LogP contribution < -0.4 is 14.8 Å². The normalized spacial score (nSPS) is 19.5. The lowest BCUT2D eigenvalue weighted by Gasteiger charge is -2.37. The first-order valence-corrected chi connectivity index (χ1v) is 12.1. The number of para-hydroxylation sites is 1. The fraction of sp³-hybridized carbons (Fsp3) is 0.357. The number of nitrogens with one attached hydrogen (secondary N) is 1. The first kappa shape index (κ1) is 25.8. The van der Waals surface area contributed by atoms with Crippen LogP contribution in [0.25, 0.3) is 0 Å². The van der Waals surface area contributed by atoms with Crippen LogP contribution in [0.15, 0.2) is 65.0 Å². The number of benzene rings is 2. The van der Waals surface area contributed by atoms with Gasteiger partial charge in [-0.25, -0.2) is 4.79 Å². The zero-order chi connectivity index (χ0) is 25.8. The minimum absolute atomic E-state index is 0.00289. The number of carbonyl (C=O) groups excluding carboxylic acids is 2. The smallest absolute Gasteiger partial charge is 0.336 e. The van der Waals surface area contributed by atoms with E-state index in [0.29, 0.717) is 51.8 Å². The molecule has 4 rings (SSSR count). The number of allylic oxidation sites excluding steroid dienone is 3. The molecule has 1 heterocycles. The third-order valence-corrected chi connectivity index (χ3v) is 6.91. The predicted octanol–water partition coefficient (Wildman–Crippen LogP) is 4.91. The second-order valence-electron chi connectivity index (χ2n) is 8.78. The Kier molecular flexibility index (Phi) is 8.01. The summed E-state index contributed by atoms with van der Waals surface area (Å²) >= 11 is 6.07. The average Bonchev–Trinajstić information content (AvgIpc) is 2.87. The van der Waals surface area contributed by atoms with Gasteiger partial charge < -0.3 is 24.3 Å². The molecule has 1 aliphatic heterocycles. The number of esters is 1. The fourth-order valence-corrected chi connectivity index (χ4v) is 5.15. The number of Topliss-reactive ketones (excluding diaryl/α,β-unsaturated/α-hetero) is 1. The number of ether oxygens (including phenoxy) is 4. The van der Waals surface area contributed by atoms with Crippen LogP contribution in [0.5, 0.6) is 11.5 Å². The van der Waals surface area contributed by atoms with Gasteiger partial charge in [0.15, 0.2) is 17.3 Å². The molecule has 8 heteroatoms. The van der Waals surface area contributed by atoms with Crippen LogP contribution in [0.2, 0.25) is 5.02 Å². The van der Waals surface area contributed by atoms with Gasteiger partial charge in [0.2, 0.25) is 0 Å². The number of dihydropyridines is 1. The van der Waals surface area contributed by atoms with Crippen molar-refractivity contribution in [3.05, 3.63) is 81.2 Å². The van der Waals surface area contributed by atoms with E-state index in [1.165, 1.54) is 0 Å². The fourth-order valence-electron chi connectivity index (χ4n) is 5.03. The molecule has 0 saturated heterocycles. The van der Waals surface area contributed by atoms with E-state index in [2.05, 4.69) is 5.32 Å². The summed E-state index contributed by atoms with van der Waals surface area (Å²) in [6.07, 6.45) is 0.935. The Bertz CT molecular complexity index is 1220. The van der Waals surface area contributed by atoms with E-state index >= 15 is 0 Å². The first-order valence-electron chi connectivity index (χ1n) is 11.8. The minimum Gasteiger partial charge on any atom is -0.493 e. The zero-order valence-electron chi connectivity index (χ0n) is 20.9. The van der Waals surface area contributed by atoms with Crippen molar-refractivity contribution in [2.75, 3.05) is 34.5 Å². The highest BCUT2D eigenvalue weighted by Gasteiger charge is 2.42. The molecule has 0 radical (unpaired) electrons. The Morgan fingerprint density at radius 2 is 1.78 bits per heavy atom. The molecule has 2 aliphatic rings. The Morgan fingerprint density at radius 3 is 2.44 bits per heavy atom. The van der Waals surface area contributed by atoms with E-state index in [1.807, 2.05) is 43.3 Å². The molecule has 2 aromatic carbocycles. The highest BCUT2D eigenvalue weighted by atomic mass is 35.5. The van der Waals surface area contributed by atoms with Gasteiger partial charge in [-0.05, 0) is 43.0 Å². The largest absolute Gasteiger partial charge is 0.493 e. The lowest BCUT2D eigenvalue weighted by atomic mass is 9.71. The highest BCUT2D eigenvalue weighted by molar-refractivity contribution is 6.30. The lowest BCUT2D eigenvalue weighted by molar-refractivity contribution is -0.140. The van der Waals surface area contributed by atoms with Crippen LogP contribution in [-0.4, -0.2) is 46.3 Å². The van der Waals surface area contributed by atoms with Crippen molar-refractivity contribution < 1.29 is 28.5 Å². The average molecular weight is 512 g/mol. The molecule has 0 amide bonds. The van der Waals surface area contributed by atoms with Crippen molar-refractivity contribution >= 4 is 23.4 Å². The number of rotatable bonds is 8. The maximum atomic E-state index is 13.8. The van der Waals surface area contributed by atoms with Crippen molar-refractivity contribution in [1.82, 2.24) is 5.32 Å². The molecule has 7 nitrogen and oxygen atoms in total. The summed E-state index contributed by atoms with van der Waals surface area (Å²) in [4.78, 5) is 27.1. The molecule has 0 saturated carbocycles. The van der Waals surface area contributed by atoms with Crippen molar-refractivity contribution in [3.63, 3.8) is 0 Å². The van der Waals surface area contributed by atoms with Crippen LogP contribution in [-0.2, 0) is 19.1 Å². The van der Waals surface area contributed by atoms with Crippen LogP contribution in [0.1, 0.15) is 42.7 Å². The Hall–Kier alpha value is -3.29. The van der Waals surface area contributed by atoms with Crippen LogP contribution in [0.3, 0.4) is 0 Å². The maximum absolute atomic E-state index is 13.8. The van der Waals surface area contributed by atoms with Gasteiger partial charge in [0.05, 0.1) is 32.3 Å². The number of methoxy groups -OCH3 is 3. The van der Waals surface area contributed by atoms with Crippen LogP contribution >= 0.6 is 11.6 Å². The molecule has 190 valence electrons. The van der Waals surface area contributed by atoms with Crippen molar-refractivity contribution in [2.45, 2.75) is 31.6 Å². The topological polar surface area (TPSA) is 83.1 Å². The van der Waals surface area contributed by atoms with Gasteiger partial charge in [0.25, 0.3) is 0 Å². The molecule has 0 spiro atoms. The number of hydrogen-bond donors (Lipinski definition) is 1. The molecule has 36 heavy (non-hydrogen) atoms. The second-order valence-corrected chi connectivity index (χ2v) is 9.22. The summed E-state index contributed by atoms with van der Waals surface area (Å²) in [5.74, 6) is -0.222. The van der Waals surface area contributed by atoms with Crippen molar-refractivity contribution in [1.29, 1.82) is 0 Å². The summed E-state index contributed by atoms with van der Waals surface area (Å²) in [7, 11) is 4.64. The van der Waals surface area contributed by atoms with Crippen LogP contribution in [0.4, 0.5) is 0 Å². The number of carbonyl (C=O) groups is 2. The molecule has 0 fully saturated rings. The second kappa shape index (κ2) is 11.2. The van der Waals surface area contributed by atoms with E-state index in [0.717, 1.165) is 11.3 Å². The maximum Gasteiger partial charge on any atom is 0.336 e. The van der Waals surface area contributed by atoms with Gasteiger partial charge in [-0.2, -0.15) is 0 Å². The predicted molar refractivity (Wildman–Crippen MR) is 136 cm³/mol. The molecule has 1 aliphatic carbocycles. The Labute approximate surface area is 216 Å². The number of hydrogen-bond acceptors (Lipinski definition) is 7. The molecular weight excluding hydrogens is 482 g/mol. The molecule has 2 atom stereocenters. The van der Waals surface area contributed by atoms with Gasteiger partial charge in [-0.15, -0.1) is 0 Å². The first-order chi connectivity index (χ1) is 17.4. The Balaban J connectivity index is 1.82. The highest BCUT2D eigenvalue weighted by Crippen LogP contribution is 2.49. The molecular formula is C28H30ClNO6. The lowest BCUT2D eigenvalue weighted by Crippen LogP contribution is -2.36. The summed E-state index contributed by atoms with van der Waals surface area (Å²) in [5.41, 5.74) is 4.07. The summed E-state index contributed by atoms with van der Waals surface area (Å²) in [5, 5.41) is 4.01. The molecule has 0 aromatic heterocycles. The monoisotopic (exact) mass is 511 g/mol. The van der Waals surface area contributed by atoms with Gasteiger partial charge >= 0.3 is 5.97 Å². The van der Waals surface area contributed by atoms with Gasteiger partial charge in [0.1, 0.15) is 6.61 Å². The van der Waals surface area contributed by atoms with Gasteiger partial charge in [-0.3, -0.25) is 4.79 Å². The van der Waals surface area contributed by atoms with E-state index < -0.39 is 11.9 Å². The quantitative estimate of drug-likeness (QED) is 0.398. The molecule has 2 aromatic rings. The third-order valence-electron chi connectivity index (χ3n) is 6.65. The minimum atomic E-state index is -0.667. The van der Waals surface area contributed by atoms with Gasteiger partial charge in [-0.1, -0.05) is 35.9 Å². The SMILES string of the molecule is COCCOC(=O)C1=C(C)NC2=C(C(=O)C[C@H](c3ccc(Cl)cc3)C2)[C@@H]1c1cccc(OC)c1OC. The third kappa shape index (κ3) is 4.99. The number of ketones is 1. The summed E-state index contributed by atoms with van der Waals surface area (Å²) < 4.78 is 21.8. The molecule has 0 unspecified atom stereocenters.